The lowest BCUT2D eigenvalue weighted by molar-refractivity contribution is -0.137. The Balaban J connectivity index is 1.56. The Hall–Kier alpha value is -2.57. The van der Waals surface area contributed by atoms with Crippen molar-refractivity contribution in [2.24, 2.45) is 0 Å². The summed E-state index contributed by atoms with van der Waals surface area (Å²) in [6.07, 6.45) is -3.17. The summed E-state index contributed by atoms with van der Waals surface area (Å²) in [4.78, 5) is 20.2. The van der Waals surface area contributed by atoms with Gasteiger partial charge in [0.25, 0.3) is 0 Å². The maximum absolute atomic E-state index is 12.6. The Bertz CT molecular complexity index is 810. The number of anilines is 1. The molecule has 2 aromatic rings. The van der Waals surface area contributed by atoms with E-state index in [1.54, 1.807) is 4.90 Å². The molecular weight excluding hydrogens is 355 g/mol. The Morgan fingerprint density at radius 2 is 1.74 bits per heavy atom. The zero-order chi connectivity index (χ0) is 19.6. The molecule has 1 aromatic carbocycles. The smallest absolute Gasteiger partial charge is 0.353 e. The summed E-state index contributed by atoms with van der Waals surface area (Å²) in [5.74, 6) is 0.572. The topological polar surface area (TPSA) is 36.4 Å². The highest BCUT2D eigenvalue weighted by atomic mass is 19.4. The highest BCUT2D eigenvalue weighted by Gasteiger charge is 2.31. The summed E-state index contributed by atoms with van der Waals surface area (Å²) in [6.45, 7) is 6.24. The third-order valence-corrected chi connectivity index (χ3v) is 4.96. The molecule has 1 saturated heterocycles. The van der Waals surface area contributed by atoms with Gasteiger partial charge in [-0.05, 0) is 42.7 Å². The number of aromatic nitrogens is 1. The van der Waals surface area contributed by atoms with Crippen LogP contribution in [0.15, 0.2) is 36.5 Å². The maximum Gasteiger partial charge on any atom is 0.417 e. The number of carbonyl (C=O) groups excluding carboxylic acids is 1. The summed E-state index contributed by atoms with van der Waals surface area (Å²) in [6, 6.07) is 8.46. The maximum atomic E-state index is 12.6. The van der Waals surface area contributed by atoms with Crippen LogP contribution in [-0.2, 0) is 17.4 Å². The Morgan fingerprint density at radius 3 is 2.30 bits per heavy atom. The minimum Gasteiger partial charge on any atom is -0.353 e. The molecule has 0 unspecified atom stereocenters. The first-order chi connectivity index (χ1) is 12.7. The van der Waals surface area contributed by atoms with E-state index in [0.29, 0.717) is 38.4 Å². The number of hydrogen-bond acceptors (Lipinski definition) is 3. The van der Waals surface area contributed by atoms with Crippen molar-refractivity contribution in [3.63, 3.8) is 0 Å². The predicted octanol–water partition coefficient (Wildman–Crippen LogP) is 3.61. The molecule has 144 valence electrons. The third-order valence-electron chi connectivity index (χ3n) is 4.96. The number of halogens is 3. The number of piperazine rings is 1. The lowest BCUT2D eigenvalue weighted by atomic mass is 10.0. The highest BCUT2D eigenvalue weighted by molar-refractivity contribution is 5.79. The molecule has 4 nitrogen and oxygen atoms in total. The van der Waals surface area contributed by atoms with E-state index in [4.69, 9.17) is 0 Å². The van der Waals surface area contributed by atoms with Gasteiger partial charge < -0.3 is 9.80 Å². The number of aryl methyl sites for hydroxylation is 2. The monoisotopic (exact) mass is 377 g/mol. The van der Waals surface area contributed by atoms with E-state index in [0.717, 1.165) is 17.8 Å². The molecule has 0 atom stereocenters. The largest absolute Gasteiger partial charge is 0.417 e. The molecule has 0 saturated carbocycles. The summed E-state index contributed by atoms with van der Waals surface area (Å²) in [7, 11) is 0. The Labute approximate surface area is 156 Å². The van der Waals surface area contributed by atoms with Gasteiger partial charge in [0.05, 0.1) is 12.0 Å². The van der Waals surface area contributed by atoms with Crippen LogP contribution >= 0.6 is 0 Å². The minimum absolute atomic E-state index is 0.0679. The summed E-state index contributed by atoms with van der Waals surface area (Å²) < 4.78 is 37.9. The lowest BCUT2D eigenvalue weighted by Gasteiger charge is -2.35. The van der Waals surface area contributed by atoms with Gasteiger partial charge >= 0.3 is 6.18 Å². The van der Waals surface area contributed by atoms with E-state index in [1.807, 2.05) is 36.9 Å². The fourth-order valence-corrected chi connectivity index (χ4v) is 3.13. The number of rotatable bonds is 3. The van der Waals surface area contributed by atoms with Crippen LogP contribution in [0.1, 0.15) is 22.3 Å². The van der Waals surface area contributed by atoms with Crippen LogP contribution in [-0.4, -0.2) is 42.0 Å². The van der Waals surface area contributed by atoms with Crippen LogP contribution in [0, 0.1) is 13.8 Å². The van der Waals surface area contributed by atoms with Crippen molar-refractivity contribution in [1.29, 1.82) is 0 Å². The van der Waals surface area contributed by atoms with Crippen molar-refractivity contribution in [3.8, 4) is 0 Å². The van der Waals surface area contributed by atoms with Gasteiger partial charge in [-0.1, -0.05) is 18.2 Å². The van der Waals surface area contributed by atoms with Crippen molar-refractivity contribution in [2.75, 3.05) is 31.1 Å². The van der Waals surface area contributed by atoms with E-state index in [1.165, 1.54) is 17.2 Å². The number of amides is 1. The van der Waals surface area contributed by atoms with Gasteiger partial charge in [-0.2, -0.15) is 13.2 Å². The van der Waals surface area contributed by atoms with Crippen LogP contribution in [0.5, 0.6) is 0 Å². The molecule has 7 heteroatoms. The van der Waals surface area contributed by atoms with Gasteiger partial charge in [0, 0.05) is 32.4 Å². The van der Waals surface area contributed by atoms with Gasteiger partial charge in [-0.25, -0.2) is 4.98 Å². The molecule has 0 radical (unpaired) electrons. The van der Waals surface area contributed by atoms with Crippen LogP contribution < -0.4 is 4.90 Å². The van der Waals surface area contributed by atoms with Crippen molar-refractivity contribution in [2.45, 2.75) is 26.4 Å². The summed E-state index contributed by atoms with van der Waals surface area (Å²) >= 11 is 0. The SMILES string of the molecule is Cc1ccc(CC(=O)N2CCN(c3ccc(C(F)(F)F)cn3)CC2)cc1C. The van der Waals surface area contributed by atoms with Crippen molar-refractivity contribution in [1.82, 2.24) is 9.88 Å². The second-order valence-corrected chi connectivity index (χ2v) is 6.87. The fourth-order valence-electron chi connectivity index (χ4n) is 3.13. The van der Waals surface area contributed by atoms with Crippen molar-refractivity contribution >= 4 is 11.7 Å². The van der Waals surface area contributed by atoms with E-state index in [9.17, 15) is 18.0 Å². The number of benzene rings is 1. The molecule has 1 amide bonds. The molecule has 0 spiro atoms. The molecule has 3 rings (SSSR count). The summed E-state index contributed by atoms with van der Waals surface area (Å²) in [5, 5.41) is 0. The first-order valence-electron chi connectivity index (χ1n) is 8.86. The van der Waals surface area contributed by atoms with Crippen molar-refractivity contribution in [3.05, 3.63) is 58.8 Å². The van der Waals surface area contributed by atoms with E-state index in [-0.39, 0.29) is 5.91 Å². The molecule has 1 aliphatic heterocycles. The molecule has 1 aliphatic rings. The first kappa shape index (κ1) is 19.2. The molecule has 27 heavy (non-hydrogen) atoms. The third kappa shape index (κ3) is 4.59. The van der Waals surface area contributed by atoms with E-state index >= 15 is 0 Å². The molecule has 1 aromatic heterocycles. The molecule has 0 N–H and O–H groups in total. The zero-order valence-electron chi connectivity index (χ0n) is 15.4. The van der Waals surface area contributed by atoms with Gasteiger partial charge in [0.1, 0.15) is 5.82 Å². The second kappa shape index (κ2) is 7.58. The lowest BCUT2D eigenvalue weighted by Crippen LogP contribution is -2.49. The standard InChI is InChI=1S/C20H22F3N3O/c1-14-3-4-16(11-15(14)2)12-19(27)26-9-7-25(8-10-26)18-6-5-17(13-24-18)20(21,22)23/h3-6,11,13H,7-10,12H2,1-2H3. The van der Waals surface area contributed by atoms with Crippen LogP contribution in [0.3, 0.4) is 0 Å². The number of pyridine rings is 1. The van der Waals surface area contributed by atoms with Crippen LogP contribution in [0.2, 0.25) is 0 Å². The van der Waals surface area contributed by atoms with Crippen molar-refractivity contribution < 1.29 is 18.0 Å². The van der Waals surface area contributed by atoms with Crippen LogP contribution in [0.4, 0.5) is 19.0 Å². The van der Waals surface area contributed by atoms with E-state index in [2.05, 4.69) is 4.98 Å². The quantitative estimate of drug-likeness (QED) is 0.820. The molecule has 0 aliphatic carbocycles. The van der Waals surface area contributed by atoms with Crippen LogP contribution in [0.25, 0.3) is 0 Å². The average molecular weight is 377 g/mol. The number of hydrogen-bond donors (Lipinski definition) is 0. The number of nitrogens with zero attached hydrogens (tertiary/aromatic N) is 3. The van der Waals surface area contributed by atoms with Gasteiger partial charge in [-0.15, -0.1) is 0 Å². The Kier molecular flexibility index (Phi) is 5.39. The normalized spacial score (nSPS) is 15.1. The fraction of sp³-hybridized carbons (Fsp3) is 0.400. The minimum atomic E-state index is -4.38. The summed E-state index contributed by atoms with van der Waals surface area (Å²) in [5.41, 5.74) is 2.60. The Morgan fingerprint density at radius 1 is 1.04 bits per heavy atom. The number of alkyl halides is 3. The highest BCUT2D eigenvalue weighted by Crippen LogP contribution is 2.29. The first-order valence-corrected chi connectivity index (χ1v) is 8.86. The van der Waals surface area contributed by atoms with Gasteiger partial charge in [0.15, 0.2) is 0 Å². The van der Waals surface area contributed by atoms with E-state index < -0.39 is 11.7 Å². The average Bonchev–Trinajstić information content (AvgIpc) is 2.64. The van der Waals surface area contributed by atoms with Gasteiger partial charge in [0.2, 0.25) is 5.91 Å². The second-order valence-electron chi connectivity index (χ2n) is 6.87. The predicted molar refractivity (Wildman–Crippen MR) is 97.7 cm³/mol. The molecular formula is C20H22F3N3O. The molecule has 2 heterocycles. The zero-order valence-corrected chi connectivity index (χ0v) is 15.4. The molecule has 0 bridgehead atoms. The molecule has 1 fully saturated rings. The van der Waals surface area contributed by atoms with Gasteiger partial charge in [-0.3, -0.25) is 4.79 Å². The number of carbonyl (C=O) groups is 1.